The molecule has 23 heavy (non-hydrogen) atoms. The predicted molar refractivity (Wildman–Crippen MR) is 88.0 cm³/mol. The molecule has 0 radical (unpaired) electrons. The number of halogens is 1. The number of aromatic nitrogens is 3. The Labute approximate surface area is 141 Å². The number of benzene rings is 1. The summed E-state index contributed by atoms with van der Waals surface area (Å²) in [5, 5.41) is 25.0. The Balaban J connectivity index is 1.64. The molecule has 3 rings (SSSR count). The maximum atomic E-state index is 12.1. The summed E-state index contributed by atoms with van der Waals surface area (Å²) in [5.74, 6) is -0.396. The Morgan fingerprint density at radius 3 is 3.04 bits per heavy atom. The molecule has 0 aliphatic rings. The summed E-state index contributed by atoms with van der Waals surface area (Å²) >= 11 is 7.41. The van der Waals surface area contributed by atoms with Crippen LogP contribution in [0.15, 0.2) is 47.3 Å². The molecule has 118 valence electrons. The summed E-state index contributed by atoms with van der Waals surface area (Å²) < 4.78 is 0. The van der Waals surface area contributed by atoms with Gasteiger partial charge in [0, 0.05) is 11.6 Å². The van der Waals surface area contributed by atoms with E-state index in [0.29, 0.717) is 10.7 Å². The van der Waals surface area contributed by atoms with Crippen molar-refractivity contribution in [2.24, 2.45) is 0 Å². The first-order valence-electron chi connectivity index (χ1n) is 6.80. The molecule has 6 nitrogen and oxygen atoms in total. The average Bonchev–Trinajstić information content (AvgIpc) is 3.23. The van der Waals surface area contributed by atoms with Gasteiger partial charge < -0.3 is 10.4 Å². The first-order valence-corrected chi connectivity index (χ1v) is 8.12. The normalized spacial score (nSPS) is 12.1. The predicted octanol–water partition coefficient (Wildman–Crippen LogP) is 2.45. The van der Waals surface area contributed by atoms with Crippen molar-refractivity contribution < 1.29 is 9.90 Å². The third-order valence-electron chi connectivity index (χ3n) is 3.15. The molecule has 0 spiro atoms. The van der Waals surface area contributed by atoms with Gasteiger partial charge in [0.25, 0.3) is 5.91 Å². The smallest absolute Gasteiger partial charge is 0.273 e. The second kappa shape index (κ2) is 6.91. The largest absolute Gasteiger partial charge is 0.387 e. The van der Waals surface area contributed by atoms with E-state index in [1.807, 2.05) is 16.8 Å². The number of nitrogens with one attached hydrogen (secondary N) is 1. The van der Waals surface area contributed by atoms with E-state index < -0.39 is 12.0 Å². The highest BCUT2D eigenvalue weighted by atomic mass is 35.5. The third kappa shape index (κ3) is 3.76. The molecule has 1 atom stereocenters. The molecular weight excluding hydrogens is 336 g/mol. The van der Waals surface area contributed by atoms with Crippen LogP contribution in [0.25, 0.3) is 5.69 Å². The lowest BCUT2D eigenvalue weighted by atomic mass is 10.2. The average molecular weight is 349 g/mol. The highest BCUT2D eigenvalue weighted by molar-refractivity contribution is 7.07. The molecule has 2 N–H and O–H groups in total. The number of carbonyl (C=O) groups excluding carboxylic acids is 1. The summed E-state index contributed by atoms with van der Waals surface area (Å²) in [7, 11) is 0. The van der Waals surface area contributed by atoms with Gasteiger partial charge in [-0.2, -0.15) is 21.2 Å². The van der Waals surface area contributed by atoms with Crippen LogP contribution in [0.5, 0.6) is 0 Å². The second-order valence-electron chi connectivity index (χ2n) is 4.78. The molecule has 1 unspecified atom stereocenters. The van der Waals surface area contributed by atoms with E-state index in [1.54, 1.807) is 24.3 Å². The first-order chi connectivity index (χ1) is 11.1. The summed E-state index contributed by atoms with van der Waals surface area (Å²) in [6, 6.07) is 8.82. The number of aliphatic hydroxyl groups is 1. The van der Waals surface area contributed by atoms with Crippen molar-refractivity contribution in [2.75, 3.05) is 6.54 Å². The van der Waals surface area contributed by atoms with Crippen LogP contribution >= 0.6 is 22.9 Å². The molecule has 2 heterocycles. The Morgan fingerprint density at radius 1 is 1.43 bits per heavy atom. The van der Waals surface area contributed by atoms with Crippen molar-refractivity contribution in [3.05, 3.63) is 63.6 Å². The zero-order chi connectivity index (χ0) is 16.2. The van der Waals surface area contributed by atoms with Crippen molar-refractivity contribution in [3.63, 3.8) is 0 Å². The molecule has 1 aromatic carbocycles. The minimum atomic E-state index is -0.742. The van der Waals surface area contributed by atoms with Gasteiger partial charge in [0.05, 0.1) is 18.0 Å². The molecule has 3 aromatic rings. The van der Waals surface area contributed by atoms with E-state index in [9.17, 15) is 9.90 Å². The van der Waals surface area contributed by atoms with Gasteiger partial charge in [-0.1, -0.05) is 17.7 Å². The lowest BCUT2D eigenvalue weighted by Crippen LogP contribution is -2.28. The van der Waals surface area contributed by atoms with Crippen LogP contribution in [0.1, 0.15) is 22.2 Å². The van der Waals surface area contributed by atoms with E-state index in [0.717, 1.165) is 5.56 Å². The SMILES string of the molecule is O=C(NCC(O)c1ccsc1)c1cnn(-c2cccc(Cl)c2)n1. The maximum absolute atomic E-state index is 12.1. The molecule has 0 saturated heterocycles. The third-order valence-corrected chi connectivity index (χ3v) is 4.08. The number of nitrogens with zero attached hydrogens (tertiary/aromatic N) is 3. The summed E-state index contributed by atoms with van der Waals surface area (Å²) in [6.45, 7) is 0.111. The van der Waals surface area contributed by atoms with Gasteiger partial charge in [0.15, 0.2) is 5.69 Å². The topological polar surface area (TPSA) is 80.0 Å². The van der Waals surface area contributed by atoms with Gasteiger partial charge in [-0.05, 0) is 40.6 Å². The lowest BCUT2D eigenvalue weighted by molar-refractivity contribution is 0.0911. The summed E-state index contributed by atoms with van der Waals surface area (Å²) in [4.78, 5) is 13.4. The number of thiophene rings is 1. The molecule has 0 aliphatic carbocycles. The van der Waals surface area contributed by atoms with Crippen LogP contribution in [0.3, 0.4) is 0 Å². The lowest BCUT2D eigenvalue weighted by Gasteiger charge is -2.09. The standard InChI is InChI=1S/C15H13ClN4O2S/c16-11-2-1-3-12(6-11)20-18-7-13(19-20)15(22)17-8-14(21)10-4-5-23-9-10/h1-7,9,14,21H,8H2,(H,17,22). The van der Waals surface area contributed by atoms with Crippen LogP contribution in [-0.2, 0) is 0 Å². The van der Waals surface area contributed by atoms with Crippen LogP contribution < -0.4 is 5.32 Å². The van der Waals surface area contributed by atoms with E-state index in [4.69, 9.17) is 11.6 Å². The zero-order valence-corrected chi connectivity index (χ0v) is 13.5. The van der Waals surface area contributed by atoms with Gasteiger partial charge >= 0.3 is 0 Å². The van der Waals surface area contributed by atoms with Gasteiger partial charge in [-0.25, -0.2) is 0 Å². The molecule has 1 amide bonds. The quantitative estimate of drug-likeness (QED) is 0.742. The zero-order valence-electron chi connectivity index (χ0n) is 11.9. The molecule has 2 aromatic heterocycles. The van der Waals surface area contributed by atoms with Crippen LogP contribution in [-0.4, -0.2) is 32.6 Å². The van der Waals surface area contributed by atoms with Gasteiger partial charge in [0.2, 0.25) is 0 Å². The highest BCUT2D eigenvalue weighted by Gasteiger charge is 2.14. The van der Waals surface area contributed by atoms with Gasteiger partial charge in [0.1, 0.15) is 0 Å². The number of hydrogen-bond donors (Lipinski definition) is 2. The van der Waals surface area contributed by atoms with Crippen LogP contribution in [0.2, 0.25) is 5.02 Å². The maximum Gasteiger partial charge on any atom is 0.273 e. The van der Waals surface area contributed by atoms with Crippen molar-refractivity contribution in [3.8, 4) is 5.69 Å². The van der Waals surface area contributed by atoms with Gasteiger partial charge in [-0.15, -0.1) is 5.10 Å². The van der Waals surface area contributed by atoms with E-state index in [-0.39, 0.29) is 12.2 Å². The summed E-state index contributed by atoms with van der Waals surface area (Å²) in [6.07, 6.45) is 0.626. The Kier molecular flexibility index (Phi) is 4.71. The molecule has 0 fully saturated rings. The molecule has 0 bridgehead atoms. The number of hydrogen-bond acceptors (Lipinski definition) is 5. The second-order valence-corrected chi connectivity index (χ2v) is 6.00. The van der Waals surface area contributed by atoms with E-state index in [1.165, 1.54) is 22.3 Å². The molecule has 0 saturated carbocycles. The minimum absolute atomic E-state index is 0.111. The number of amides is 1. The number of rotatable bonds is 5. The monoisotopic (exact) mass is 348 g/mol. The molecule has 0 aliphatic heterocycles. The van der Waals surface area contributed by atoms with Crippen LogP contribution in [0, 0.1) is 0 Å². The van der Waals surface area contributed by atoms with Crippen molar-refractivity contribution in [1.29, 1.82) is 0 Å². The minimum Gasteiger partial charge on any atom is -0.387 e. The van der Waals surface area contributed by atoms with Crippen molar-refractivity contribution in [1.82, 2.24) is 20.3 Å². The van der Waals surface area contributed by atoms with Crippen molar-refractivity contribution in [2.45, 2.75) is 6.10 Å². The Bertz CT molecular complexity index is 803. The first kappa shape index (κ1) is 15.7. The van der Waals surface area contributed by atoms with E-state index >= 15 is 0 Å². The van der Waals surface area contributed by atoms with Gasteiger partial charge in [-0.3, -0.25) is 4.79 Å². The Morgan fingerprint density at radius 2 is 2.30 bits per heavy atom. The molecular formula is C15H13ClN4O2S. The van der Waals surface area contributed by atoms with E-state index in [2.05, 4.69) is 15.5 Å². The van der Waals surface area contributed by atoms with Crippen LogP contribution in [0.4, 0.5) is 0 Å². The Hall–Kier alpha value is -2.22. The summed E-state index contributed by atoms with van der Waals surface area (Å²) in [5.41, 5.74) is 1.61. The fraction of sp³-hybridized carbons (Fsp3) is 0.133. The molecule has 8 heteroatoms. The number of carbonyl (C=O) groups is 1. The van der Waals surface area contributed by atoms with Crippen molar-refractivity contribution >= 4 is 28.8 Å². The fourth-order valence-electron chi connectivity index (χ4n) is 1.95. The number of aliphatic hydroxyl groups excluding tert-OH is 1. The highest BCUT2D eigenvalue weighted by Crippen LogP contribution is 2.15. The fourth-order valence-corrected chi connectivity index (χ4v) is 2.85.